The Balaban J connectivity index is 1.36. The smallest absolute Gasteiger partial charge is 0.243 e. The Labute approximate surface area is 194 Å². The van der Waals surface area contributed by atoms with Crippen molar-refractivity contribution in [1.82, 2.24) is 14.1 Å². The van der Waals surface area contributed by atoms with Crippen molar-refractivity contribution in [3.63, 3.8) is 0 Å². The highest BCUT2D eigenvalue weighted by molar-refractivity contribution is 7.89. The highest BCUT2D eigenvalue weighted by Crippen LogP contribution is 2.28. The molecular formula is C24H21F3N4O2S. The van der Waals surface area contributed by atoms with Gasteiger partial charge in [-0.3, -0.25) is 0 Å². The van der Waals surface area contributed by atoms with Crippen molar-refractivity contribution in [3.05, 3.63) is 84.3 Å². The number of aromatic nitrogens is 2. The Morgan fingerprint density at radius 1 is 0.882 bits per heavy atom. The molecule has 3 aromatic carbocycles. The summed E-state index contributed by atoms with van der Waals surface area (Å²) in [6.07, 6.45) is 1.73. The van der Waals surface area contributed by atoms with Crippen molar-refractivity contribution in [2.24, 2.45) is 0 Å². The minimum atomic E-state index is -3.96. The first kappa shape index (κ1) is 22.4. The molecule has 176 valence electrons. The summed E-state index contributed by atoms with van der Waals surface area (Å²) in [5.74, 6) is -2.60. The lowest BCUT2D eigenvalue weighted by atomic mass is 10.1. The highest BCUT2D eigenvalue weighted by Gasteiger charge is 2.34. The number of benzene rings is 3. The zero-order chi connectivity index (χ0) is 24.0. The Bertz CT molecular complexity index is 1470. The van der Waals surface area contributed by atoms with Gasteiger partial charge in [0.15, 0.2) is 11.6 Å². The van der Waals surface area contributed by atoms with Crippen LogP contribution < -0.4 is 4.90 Å². The van der Waals surface area contributed by atoms with Crippen molar-refractivity contribution in [3.8, 4) is 5.69 Å². The summed E-state index contributed by atoms with van der Waals surface area (Å²) >= 11 is 0. The van der Waals surface area contributed by atoms with Gasteiger partial charge in [-0.25, -0.2) is 26.3 Å². The molecule has 1 aliphatic heterocycles. The highest BCUT2D eigenvalue weighted by atomic mass is 32.2. The van der Waals surface area contributed by atoms with Gasteiger partial charge in [-0.15, -0.1) is 0 Å². The number of rotatable bonds is 4. The summed E-state index contributed by atoms with van der Waals surface area (Å²) < 4.78 is 69.2. The standard InChI is InChI=1S/C24H21F3N4O2S/c1-16-15-29(10-11-30(16)34(32,33)21-7-8-22(26)23(27)13-21)20-6-9-24-17(12-20)14-28-31(24)19-4-2-18(25)3-5-19/h2-9,12-14,16H,10-11,15H2,1H3/t16-/m1/s1. The first-order valence-electron chi connectivity index (χ1n) is 10.7. The maximum atomic E-state index is 13.6. The van der Waals surface area contributed by atoms with Crippen LogP contribution in [0.4, 0.5) is 18.9 Å². The third-order valence-corrected chi connectivity index (χ3v) is 8.06. The van der Waals surface area contributed by atoms with Gasteiger partial charge < -0.3 is 4.90 Å². The van der Waals surface area contributed by atoms with Crippen molar-refractivity contribution in [1.29, 1.82) is 0 Å². The van der Waals surface area contributed by atoms with Gasteiger partial charge in [0.2, 0.25) is 10.0 Å². The third-order valence-electron chi connectivity index (χ3n) is 6.05. The van der Waals surface area contributed by atoms with Gasteiger partial charge in [-0.1, -0.05) is 0 Å². The topological polar surface area (TPSA) is 58.4 Å². The molecule has 1 saturated heterocycles. The first-order valence-corrected chi connectivity index (χ1v) is 12.1. The molecule has 0 radical (unpaired) electrons. The molecule has 1 atom stereocenters. The molecule has 34 heavy (non-hydrogen) atoms. The van der Waals surface area contributed by atoms with Crippen LogP contribution in [0.3, 0.4) is 0 Å². The normalized spacial score (nSPS) is 17.4. The Kier molecular flexibility index (Phi) is 5.57. The summed E-state index contributed by atoms with van der Waals surface area (Å²) in [6, 6.07) is 14.2. The average molecular weight is 487 g/mol. The van der Waals surface area contributed by atoms with Gasteiger partial charge in [0, 0.05) is 36.7 Å². The average Bonchev–Trinajstić information content (AvgIpc) is 3.24. The minimum Gasteiger partial charge on any atom is -0.369 e. The van der Waals surface area contributed by atoms with E-state index < -0.39 is 21.7 Å². The molecule has 5 rings (SSSR count). The lowest BCUT2D eigenvalue weighted by Gasteiger charge is -2.40. The molecular weight excluding hydrogens is 465 g/mol. The van der Waals surface area contributed by atoms with E-state index in [2.05, 4.69) is 10.00 Å². The van der Waals surface area contributed by atoms with E-state index in [9.17, 15) is 21.6 Å². The van der Waals surface area contributed by atoms with Crippen LogP contribution in [0.2, 0.25) is 0 Å². The SMILES string of the molecule is C[C@@H]1CN(c2ccc3c(cnn3-c3ccc(F)cc3)c2)CCN1S(=O)(=O)c1ccc(F)c(F)c1. The Hall–Kier alpha value is -3.37. The summed E-state index contributed by atoms with van der Waals surface area (Å²) in [6.45, 7) is 2.86. The second kappa shape index (κ2) is 8.44. The van der Waals surface area contributed by atoms with Crippen LogP contribution >= 0.6 is 0 Å². The lowest BCUT2D eigenvalue weighted by Crippen LogP contribution is -2.54. The van der Waals surface area contributed by atoms with Gasteiger partial charge in [0.25, 0.3) is 0 Å². The van der Waals surface area contributed by atoms with E-state index in [1.54, 1.807) is 29.9 Å². The molecule has 10 heteroatoms. The summed E-state index contributed by atoms with van der Waals surface area (Å²) in [4.78, 5) is 1.82. The molecule has 0 bridgehead atoms. The summed E-state index contributed by atoms with van der Waals surface area (Å²) in [5.41, 5.74) is 2.53. The maximum Gasteiger partial charge on any atom is 0.243 e. The fourth-order valence-corrected chi connectivity index (χ4v) is 5.94. The van der Waals surface area contributed by atoms with Crippen molar-refractivity contribution in [2.45, 2.75) is 17.9 Å². The molecule has 0 spiro atoms. The second-order valence-electron chi connectivity index (χ2n) is 8.26. The number of nitrogens with zero attached hydrogens (tertiary/aromatic N) is 4. The monoisotopic (exact) mass is 486 g/mol. The molecule has 0 N–H and O–H groups in total. The number of anilines is 1. The van der Waals surface area contributed by atoms with Gasteiger partial charge in [-0.05, 0) is 67.6 Å². The van der Waals surface area contributed by atoms with Crippen LogP contribution in [0.1, 0.15) is 6.92 Å². The molecule has 2 heterocycles. The number of hydrogen-bond donors (Lipinski definition) is 0. The predicted molar refractivity (Wildman–Crippen MR) is 123 cm³/mol. The minimum absolute atomic E-state index is 0.204. The zero-order valence-corrected chi connectivity index (χ0v) is 19.0. The number of halogens is 3. The van der Waals surface area contributed by atoms with E-state index in [1.807, 2.05) is 18.2 Å². The first-order chi connectivity index (χ1) is 16.2. The Morgan fingerprint density at radius 2 is 1.62 bits per heavy atom. The van der Waals surface area contributed by atoms with Crippen LogP contribution in [0.25, 0.3) is 16.6 Å². The Morgan fingerprint density at radius 3 is 2.32 bits per heavy atom. The molecule has 0 amide bonds. The third kappa shape index (κ3) is 3.92. The largest absolute Gasteiger partial charge is 0.369 e. The fraction of sp³-hybridized carbons (Fsp3) is 0.208. The van der Waals surface area contributed by atoms with Gasteiger partial charge in [0.1, 0.15) is 5.82 Å². The molecule has 4 aromatic rings. The molecule has 1 fully saturated rings. The molecule has 1 aromatic heterocycles. The van der Waals surface area contributed by atoms with Crippen LogP contribution in [-0.4, -0.2) is 48.2 Å². The van der Waals surface area contributed by atoms with Gasteiger partial charge >= 0.3 is 0 Å². The van der Waals surface area contributed by atoms with Crippen LogP contribution in [0.15, 0.2) is 71.8 Å². The predicted octanol–water partition coefficient (Wildman–Crippen LogP) is 4.34. The molecule has 0 unspecified atom stereocenters. The van der Waals surface area contributed by atoms with Crippen molar-refractivity contribution < 1.29 is 21.6 Å². The van der Waals surface area contributed by atoms with Crippen LogP contribution in [0.5, 0.6) is 0 Å². The van der Waals surface area contributed by atoms with E-state index >= 15 is 0 Å². The van der Waals surface area contributed by atoms with E-state index in [4.69, 9.17) is 0 Å². The van der Waals surface area contributed by atoms with E-state index in [0.717, 1.165) is 40.5 Å². The molecule has 0 saturated carbocycles. The molecule has 0 aliphatic carbocycles. The quantitative estimate of drug-likeness (QED) is 0.431. The second-order valence-corrected chi connectivity index (χ2v) is 10.2. The lowest BCUT2D eigenvalue weighted by molar-refractivity contribution is 0.306. The fourth-order valence-electron chi connectivity index (χ4n) is 4.31. The van der Waals surface area contributed by atoms with Gasteiger partial charge in [-0.2, -0.15) is 9.40 Å². The van der Waals surface area contributed by atoms with Crippen LogP contribution in [-0.2, 0) is 10.0 Å². The summed E-state index contributed by atoms with van der Waals surface area (Å²) in [5, 5.41) is 5.31. The van der Waals surface area contributed by atoms with E-state index in [1.165, 1.54) is 16.4 Å². The number of hydrogen-bond acceptors (Lipinski definition) is 4. The van der Waals surface area contributed by atoms with Gasteiger partial charge in [0.05, 0.1) is 22.3 Å². The van der Waals surface area contributed by atoms with E-state index in [0.29, 0.717) is 13.1 Å². The molecule has 6 nitrogen and oxygen atoms in total. The number of sulfonamides is 1. The number of piperazine rings is 1. The maximum absolute atomic E-state index is 13.6. The van der Waals surface area contributed by atoms with Crippen molar-refractivity contribution in [2.75, 3.05) is 24.5 Å². The van der Waals surface area contributed by atoms with E-state index in [-0.39, 0.29) is 23.3 Å². The van der Waals surface area contributed by atoms with Crippen LogP contribution in [0, 0.1) is 17.5 Å². The zero-order valence-electron chi connectivity index (χ0n) is 18.2. The number of fused-ring (bicyclic) bond motifs is 1. The summed E-state index contributed by atoms with van der Waals surface area (Å²) in [7, 11) is -3.96. The molecule has 1 aliphatic rings. The van der Waals surface area contributed by atoms with Crippen molar-refractivity contribution >= 4 is 26.6 Å².